The molecule has 0 atom stereocenters. The van der Waals surface area contributed by atoms with Crippen LogP contribution in [0, 0.1) is 0 Å². The van der Waals surface area contributed by atoms with Crippen molar-refractivity contribution in [3.63, 3.8) is 0 Å². The molecule has 0 unspecified atom stereocenters. The van der Waals surface area contributed by atoms with Crippen molar-refractivity contribution < 1.29 is 9.47 Å². The van der Waals surface area contributed by atoms with E-state index in [1.807, 2.05) is 52.8 Å². The van der Waals surface area contributed by atoms with E-state index >= 15 is 0 Å². The zero-order valence-corrected chi connectivity index (χ0v) is 13.5. The highest BCUT2D eigenvalue weighted by atomic mass is 32.1. The third-order valence-electron chi connectivity index (χ3n) is 2.49. The molecule has 0 spiro atoms. The third-order valence-corrected chi connectivity index (χ3v) is 3.49. The Morgan fingerprint density at radius 2 is 2.00 bits per heavy atom. The molecule has 2 rings (SSSR count). The number of hydrogen-bond donors (Lipinski definition) is 0. The zero-order valence-electron chi connectivity index (χ0n) is 12.7. The number of nitrogens with zero attached hydrogens (tertiary/aromatic N) is 1. The Morgan fingerprint density at radius 3 is 2.55 bits per heavy atom. The van der Waals surface area contributed by atoms with Crippen LogP contribution in [0.5, 0.6) is 10.9 Å². The highest BCUT2D eigenvalue weighted by Crippen LogP contribution is 2.38. The van der Waals surface area contributed by atoms with Crippen LogP contribution in [0.4, 0.5) is 0 Å². The summed E-state index contributed by atoms with van der Waals surface area (Å²) in [5.41, 5.74) is 1.64. The van der Waals surface area contributed by atoms with Crippen molar-refractivity contribution in [3.05, 3.63) is 24.3 Å². The van der Waals surface area contributed by atoms with Gasteiger partial charge in [0.25, 0.3) is 5.19 Å². The summed E-state index contributed by atoms with van der Waals surface area (Å²) < 4.78 is 12.7. The number of ether oxygens (including phenoxy) is 2. The van der Waals surface area contributed by atoms with Gasteiger partial charge in [-0.15, -0.1) is 0 Å². The van der Waals surface area contributed by atoms with Crippen LogP contribution in [-0.2, 0) is 0 Å². The smallest absolute Gasteiger partial charge is 0.274 e. The Morgan fingerprint density at radius 1 is 1.30 bits per heavy atom. The van der Waals surface area contributed by atoms with Gasteiger partial charge in [-0.2, -0.15) is 4.98 Å². The van der Waals surface area contributed by atoms with Crippen molar-refractivity contribution in [1.82, 2.24) is 4.98 Å². The van der Waals surface area contributed by atoms with Crippen LogP contribution in [0.2, 0.25) is 0 Å². The lowest BCUT2D eigenvalue weighted by Crippen LogP contribution is -2.23. The van der Waals surface area contributed by atoms with E-state index < -0.39 is 0 Å². The van der Waals surface area contributed by atoms with Crippen molar-refractivity contribution >= 4 is 27.6 Å². The van der Waals surface area contributed by atoms with Gasteiger partial charge in [-0.05, 0) is 52.3 Å². The largest absolute Gasteiger partial charge is 0.486 e. The van der Waals surface area contributed by atoms with Gasteiger partial charge in [-0.25, -0.2) is 0 Å². The monoisotopic (exact) mass is 291 g/mol. The summed E-state index contributed by atoms with van der Waals surface area (Å²) in [6.45, 7) is 13.9. The third kappa shape index (κ3) is 3.31. The van der Waals surface area contributed by atoms with E-state index in [0.717, 1.165) is 21.5 Å². The van der Waals surface area contributed by atoms with E-state index in [0.29, 0.717) is 5.19 Å². The van der Waals surface area contributed by atoms with Gasteiger partial charge in [0.2, 0.25) is 0 Å². The maximum atomic E-state index is 5.99. The fourth-order valence-electron chi connectivity index (χ4n) is 1.81. The topological polar surface area (TPSA) is 31.4 Å². The summed E-state index contributed by atoms with van der Waals surface area (Å²) in [5, 5.41) is 0.669. The second-order valence-corrected chi connectivity index (χ2v) is 6.86. The SMILES string of the molecule is C=Cc1ccc(OC(C)(C)C)c2nc(OC(C)C)sc12. The first kappa shape index (κ1) is 14.9. The van der Waals surface area contributed by atoms with Gasteiger partial charge in [0, 0.05) is 0 Å². The molecule has 0 fully saturated rings. The summed E-state index contributed by atoms with van der Waals surface area (Å²) in [6.07, 6.45) is 1.94. The van der Waals surface area contributed by atoms with Crippen molar-refractivity contribution in [2.45, 2.75) is 46.3 Å². The van der Waals surface area contributed by atoms with Gasteiger partial charge in [-0.1, -0.05) is 24.0 Å². The van der Waals surface area contributed by atoms with Gasteiger partial charge < -0.3 is 9.47 Å². The van der Waals surface area contributed by atoms with E-state index in [9.17, 15) is 0 Å². The quantitative estimate of drug-likeness (QED) is 0.802. The average molecular weight is 291 g/mol. The Labute approximate surface area is 124 Å². The van der Waals surface area contributed by atoms with Gasteiger partial charge in [0.05, 0.1) is 10.8 Å². The van der Waals surface area contributed by atoms with Crippen molar-refractivity contribution in [3.8, 4) is 10.9 Å². The van der Waals surface area contributed by atoms with E-state index in [1.54, 1.807) is 0 Å². The van der Waals surface area contributed by atoms with Crippen LogP contribution < -0.4 is 9.47 Å². The predicted molar refractivity (Wildman–Crippen MR) is 85.9 cm³/mol. The molecule has 2 aromatic rings. The Kier molecular flexibility index (Phi) is 4.04. The number of aromatic nitrogens is 1. The minimum Gasteiger partial charge on any atom is -0.486 e. The normalized spacial score (nSPS) is 11.9. The Bertz CT molecular complexity index is 623. The molecule has 0 aliphatic heterocycles. The first-order valence-electron chi connectivity index (χ1n) is 6.72. The molecule has 20 heavy (non-hydrogen) atoms. The molecule has 0 amide bonds. The summed E-state index contributed by atoms with van der Waals surface area (Å²) in [4.78, 5) is 4.57. The predicted octanol–water partition coefficient (Wildman–Crippen LogP) is 4.90. The van der Waals surface area contributed by atoms with Crippen molar-refractivity contribution in [1.29, 1.82) is 0 Å². The fraction of sp³-hybridized carbons (Fsp3) is 0.438. The molecule has 1 heterocycles. The highest BCUT2D eigenvalue weighted by Gasteiger charge is 2.18. The second-order valence-electron chi connectivity index (χ2n) is 5.90. The van der Waals surface area contributed by atoms with Crippen LogP contribution in [-0.4, -0.2) is 16.7 Å². The Balaban J connectivity index is 2.54. The zero-order chi connectivity index (χ0) is 14.9. The van der Waals surface area contributed by atoms with Crippen molar-refractivity contribution in [2.75, 3.05) is 0 Å². The summed E-state index contributed by atoms with van der Waals surface area (Å²) >= 11 is 1.53. The molecular formula is C16H21NO2S. The van der Waals surface area contributed by atoms with Crippen LogP contribution in [0.15, 0.2) is 18.7 Å². The van der Waals surface area contributed by atoms with Gasteiger partial charge in [-0.3, -0.25) is 0 Å². The standard InChI is InChI=1S/C16H21NO2S/c1-7-11-8-9-12(19-16(4,5)6)13-14(11)20-15(17-13)18-10(2)3/h7-10H,1H2,2-6H3. The van der Waals surface area contributed by atoms with E-state index in [1.165, 1.54) is 11.3 Å². The Hall–Kier alpha value is -1.55. The molecule has 0 aliphatic carbocycles. The van der Waals surface area contributed by atoms with E-state index in [4.69, 9.17) is 9.47 Å². The average Bonchev–Trinajstić information content (AvgIpc) is 2.70. The van der Waals surface area contributed by atoms with E-state index in [2.05, 4.69) is 11.6 Å². The lowest BCUT2D eigenvalue weighted by atomic mass is 10.1. The maximum absolute atomic E-state index is 5.99. The minimum absolute atomic E-state index is 0.106. The molecule has 0 radical (unpaired) electrons. The molecule has 0 saturated carbocycles. The van der Waals surface area contributed by atoms with Gasteiger partial charge in [0.15, 0.2) is 0 Å². The molecule has 1 aromatic carbocycles. The molecule has 0 saturated heterocycles. The molecule has 3 nitrogen and oxygen atoms in total. The number of fused-ring (bicyclic) bond motifs is 1. The lowest BCUT2D eigenvalue weighted by Gasteiger charge is -2.21. The van der Waals surface area contributed by atoms with Crippen LogP contribution in [0.1, 0.15) is 40.2 Å². The molecular weight excluding hydrogens is 270 g/mol. The number of benzene rings is 1. The lowest BCUT2D eigenvalue weighted by molar-refractivity contribution is 0.133. The fourth-order valence-corrected chi connectivity index (χ4v) is 2.87. The van der Waals surface area contributed by atoms with Gasteiger partial charge >= 0.3 is 0 Å². The van der Waals surface area contributed by atoms with Crippen molar-refractivity contribution in [2.24, 2.45) is 0 Å². The molecule has 4 heteroatoms. The molecule has 0 bridgehead atoms. The van der Waals surface area contributed by atoms with E-state index in [-0.39, 0.29) is 11.7 Å². The number of hydrogen-bond acceptors (Lipinski definition) is 4. The molecule has 1 aromatic heterocycles. The second kappa shape index (κ2) is 5.44. The van der Waals surface area contributed by atoms with Crippen LogP contribution >= 0.6 is 11.3 Å². The van der Waals surface area contributed by atoms with Crippen LogP contribution in [0.25, 0.3) is 16.3 Å². The summed E-state index contributed by atoms with van der Waals surface area (Å²) in [7, 11) is 0. The number of thiazole rings is 1. The first-order valence-corrected chi connectivity index (χ1v) is 7.53. The number of rotatable bonds is 4. The van der Waals surface area contributed by atoms with Gasteiger partial charge in [0.1, 0.15) is 16.9 Å². The summed E-state index contributed by atoms with van der Waals surface area (Å²) in [6, 6.07) is 3.96. The molecule has 0 aliphatic rings. The first-order chi connectivity index (χ1) is 9.30. The minimum atomic E-state index is -0.259. The molecule has 108 valence electrons. The van der Waals surface area contributed by atoms with Crippen LogP contribution in [0.3, 0.4) is 0 Å². The summed E-state index contributed by atoms with van der Waals surface area (Å²) in [5.74, 6) is 0.785. The maximum Gasteiger partial charge on any atom is 0.274 e. The highest BCUT2D eigenvalue weighted by molar-refractivity contribution is 7.20. The molecule has 0 N–H and O–H groups in total.